The summed E-state index contributed by atoms with van der Waals surface area (Å²) in [6, 6.07) is 19.6. The first-order valence-electron chi connectivity index (χ1n) is 11.2. The van der Waals surface area contributed by atoms with Crippen LogP contribution in [0.1, 0.15) is 53.9 Å². The van der Waals surface area contributed by atoms with Gasteiger partial charge in [-0.15, -0.1) is 0 Å². The number of nitrogens with zero attached hydrogens (tertiary/aromatic N) is 1. The molecule has 3 rings (SSSR count). The molecule has 0 N–H and O–H groups in total. The number of esters is 1. The third kappa shape index (κ3) is 6.96. The molecule has 0 fully saturated rings. The van der Waals surface area contributed by atoms with E-state index in [2.05, 4.69) is 61.5 Å². The minimum absolute atomic E-state index is 0.130. The molecule has 0 aliphatic rings. The standard InChI is InChI=1S/C27H31Cl2NO2/c1-30(2)17-8-4-3-5-11-21(24-14-9-12-20-10-6-7-13-23(20)24)19-32-27(31)25-16-15-22(28)18-26(25)29/h6-7,9-10,12-16,18,21H,3-5,8,11,17,19H2,1-2H3. The molecule has 0 aliphatic heterocycles. The number of carbonyl (C=O) groups is 1. The van der Waals surface area contributed by atoms with E-state index in [1.165, 1.54) is 35.6 Å². The summed E-state index contributed by atoms with van der Waals surface area (Å²) < 4.78 is 5.75. The van der Waals surface area contributed by atoms with Crippen LogP contribution in [0.15, 0.2) is 60.7 Å². The van der Waals surface area contributed by atoms with E-state index >= 15 is 0 Å². The molecule has 3 nitrogen and oxygen atoms in total. The van der Waals surface area contributed by atoms with Gasteiger partial charge in [0.15, 0.2) is 0 Å². The molecule has 1 unspecified atom stereocenters. The van der Waals surface area contributed by atoms with Crippen LogP contribution in [-0.4, -0.2) is 38.1 Å². The maximum absolute atomic E-state index is 12.7. The summed E-state index contributed by atoms with van der Waals surface area (Å²) in [5, 5.41) is 3.22. The number of rotatable bonds is 11. The van der Waals surface area contributed by atoms with Gasteiger partial charge in [0.2, 0.25) is 0 Å². The lowest BCUT2D eigenvalue weighted by Gasteiger charge is -2.20. The highest BCUT2D eigenvalue weighted by molar-refractivity contribution is 6.36. The smallest absolute Gasteiger partial charge is 0.339 e. The first-order chi connectivity index (χ1) is 15.5. The van der Waals surface area contributed by atoms with Crippen molar-refractivity contribution >= 4 is 39.9 Å². The monoisotopic (exact) mass is 471 g/mol. The fourth-order valence-corrected chi connectivity index (χ4v) is 4.50. The van der Waals surface area contributed by atoms with Crippen LogP contribution in [0, 0.1) is 0 Å². The second-order valence-corrected chi connectivity index (χ2v) is 9.34. The molecule has 0 heterocycles. The van der Waals surface area contributed by atoms with Crippen LogP contribution in [-0.2, 0) is 4.74 Å². The third-order valence-corrected chi connectivity index (χ3v) is 6.29. The van der Waals surface area contributed by atoms with Gasteiger partial charge in [-0.05, 0) is 68.0 Å². The fourth-order valence-electron chi connectivity index (χ4n) is 4.02. The van der Waals surface area contributed by atoms with Crippen molar-refractivity contribution < 1.29 is 9.53 Å². The van der Waals surface area contributed by atoms with Crippen LogP contribution < -0.4 is 0 Å². The molecular weight excluding hydrogens is 441 g/mol. The lowest BCUT2D eigenvalue weighted by atomic mass is 9.89. The SMILES string of the molecule is CN(C)CCCCCCC(COC(=O)c1ccc(Cl)cc1Cl)c1cccc2ccccc12. The van der Waals surface area contributed by atoms with E-state index in [0.29, 0.717) is 22.2 Å². The second kappa shape index (κ2) is 12.2. The average Bonchev–Trinajstić information content (AvgIpc) is 2.77. The van der Waals surface area contributed by atoms with Crippen molar-refractivity contribution in [2.45, 2.75) is 38.0 Å². The molecule has 32 heavy (non-hydrogen) atoms. The molecule has 3 aromatic carbocycles. The van der Waals surface area contributed by atoms with Crippen molar-refractivity contribution in [3.05, 3.63) is 81.8 Å². The van der Waals surface area contributed by atoms with Gasteiger partial charge in [0.25, 0.3) is 0 Å². The maximum Gasteiger partial charge on any atom is 0.339 e. The Hall–Kier alpha value is -2.07. The number of ether oxygens (including phenoxy) is 1. The van der Waals surface area contributed by atoms with Gasteiger partial charge in [-0.3, -0.25) is 0 Å². The Balaban J connectivity index is 1.71. The van der Waals surface area contributed by atoms with Gasteiger partial charge in [0, 0.05) is 10.9 Å². The molecule has 0 bridgehead atoms. The lowest BCUT2D eigenvalue weighted by molar-refractivity contribution is 0.0475. The van der Waals surface area contributed by atoms with Crippen molar-refractivity contribution in [1.82, 2.24) is 4.90 Å². The summed E-state index contributed by atoms with van der Waals surface area (Å²) in [4.78, 5) is 14.9. The lowest BCUT2D eigenvalue weighted by Crippen LogP contribution is -2.14. The third-order valence-electron chi connectivity index (χ3n) is 5.74. The topological polar surface area (TPSA) is 29.5 Å². The van der Waals surface area contributed by atoms with E-state index in [9.17, 15) is 4.79 Å². The Morgan fingerprint density at radius 1 is 0.938 bits per heavy atom. The van der Waals surface area contributed by atoms with Gasteiger partial charge in [0.05, 0.1) is 17.2 Å². The van der Waals surface area contributed by atoms with E-state index in [1.807, 2.05) is 0 Å². The number of halogens is 2. The first-order valence-corrected chi connectivity index (χ1v) is 12.0. The van der Waals surface area contributed by atoms with Crippen molar-refractivity contribution in [3.8, 4) is 0 Å². The summed E-state index contributed by atoms with van der Waals surface area (Å²) in [7, 11) is 4.22. The van der Waals surface area contributed by atoms with E-state index in [0.717, 1.165) is 19.4 Å². The van der Waals surface area contributed by atoms with E-state index < -0.39 is 5.97 Å². The normalized spacial score (nSPS) is 12.3. The molecule has 0 radical (unpaired) electrons. The summed E-state index contributed by atoms with van der Waals surface area (Å²) in [6.07, 6.45) is 5.65. The van der Waals surface area contributed by atoms with Crippen LogP contribution in [0.25, 0.3) is 10.8 Å². The molecule has 5 heteroatoms. The fraction of sp³-hybridized carbons (Fsp3) is 0.370. The van der Waals surface area contributed by atoms with Crippen LogP contribution >= 0.6 is 23.2 Å². The highest BCUT2D eigenvalue weighted by Crippen LogP contribution is 2.31. The van der Waals surface area contributed by atoms with Gasteiger partial charge in [-0.1, -0.05) is 84.9 Å². The van der Waals surface area contributed by atoms with E-state index in [-0.39, 0.29) is 5.92 Å². The number of fused-ring (bicyclic) bond motifs is 1. The minimum Gasteiger partial charge on any atom is -0.461 e. The quantitative estimate of drug-likeness (QED) is 0.213. The summed E-state index contributed by atoms with van der Waals surface area (Å²) in [5.41, 5.74) is 1.57. The Morgan fingerprint density at radius 2 is 1.69 bits per heavy atom. The molecule has 3 aromatic rings. The predicted octanol–water partition coefficient (Wildman–Crippen LogP) is 7.60. The first kappa shape index (κ1) is 24.6. The molecule has 0 amide bonds. The minimum atomic E-state index is -0.414. The number of benzene rings is 3. The second-order valence-electron chi connectivity index (χ2n) is 8.49. The molecule has 0 spiro atoms. The number of unbranched alkanes of at least 4 members (excludes halogenated alkanes) is 3. The molecule has 0 aromatic heterocycles. The zero-order valence-corrected chi connectivity index (χ0v) is 20.3. The summed E-state index contributed by atoms with van der Waals surface area (Å²) >= 11 is 12.2. The molecular formula is C27H31Cl2NO2. The van der Waals surface area contributed by atoms with Gasteiger partial charge < -0.3 is 9.64 Å². The van der Waals surface area contributed by atoms with Gasteiger partial charge in [-0.25, -0.2) is 4.79 Å². The summed E-state index contributed by atoms with van der Waals surface area (Å²) in [6.45, 7) is 1.44. The van der Waals surface area contributed by atoms with E-state index in [4.69, 9.17) is 27.9 Å². The van der Waals surface area contributed by atoms with Crippen molar-refractivity contribution in [1.29, 1.82) is 0 Å². The predicted molar refractivity (Wildman–Crippen MR) is 135 cm³/mol. The van der Waals surface area contributed by atoms with Gasteiger partial charge in [0.1, 0.15) is 0 Å². The van der Waals surface area contributed by atoms with Gasteiger partial charge >= 0.3 is 5.97 Å². The van der Waals surface area contributed by atoms with Crippen molar-refractivity contribution in [2.24, 2.45) is 0 Å². The molecule has 1 atom stereocenters. The Kier molecular flexibility index (Phi) is 9.40. The van der Waals surface area contributed by atoms with Crippen LogP contribution in [0.3, 0.4) is 0 Å². The highest BCUT2D eigenvalue weighted by atomic mass is 35.5. The average molecular weight is 472 g/mol. The van der Waals surface area contributed by atoms with Crippen LogP contribution in [0.4, 0.5) is 0 Å². The summed E-state index contributed by atoms with van der Waals surface area (Å²) in [5.74, 6) is -0.284. The number of hydrogen-bond acceptors (Lipinski definition) is 3. The van der Waals surface area contributed by atoms with Crippen LogP contribution in [0.5, 0.6) is 0 Å². The molecule has 0 aliphatic carbocycles. The molecule has 170 valence electrons. The largest absolute Gasteiger partial charge is 0.461 e. The zero-order chi connectivity index (χ0) is 22.9. The zero-order valence-electron chi connectivity index (χ0n) is 18.8. The van der Waals surface area contributed by atoms with Gasteiger partial charge in [-0.2, -0.15) is 0 Å². The number of hydrogen-bond donors (Lipinski definition) is 0. The highest BCUT2D eigenvalue weighted by Gasteiger charge is 2.19. The van der Waals surface area contributed by atoms with Crippen molar-refractivity contribution in [2.75, 3.05) is 27.2 Å². The molecule has 0 saturated carbocycles. The Morgan fingerprint density at radius 3 is 2.47 bits per heavy atom. The Labute approximate surface area is 201 Å². The van der Waals surface area contributed by atoms with E-state index in [1.54, 1.807) is 18.2 Å². The Bertz CT molecular complexity index is 1030. The number of carbonyl (C=O) groups excluding carboxylic acids is 1. The molecule has 0 saturated heterocycles. The van der Waals surface area contributed by atoms with Crippen LogP contribution in [0.2, 0.25) is 10.0 Å². The maximum atomic E-state index is 12.7. The van der Waals surface area contributed by atoms with Crippen molar-refractivity contribution in [3.63, 3.8) is 0 Å².